The first-order valence-corrected chi connectivity index (χ1v) is 14.4. The van der Waals surface area contributed by atoms with Crippen molar-refractivity contribution in [3.05, 3.63) is 64.7 Å². The maximum Gasteiger partial charge on any atom is 0.318 e. The van der Waals surface area contributed by atoms with Crippen LogP contribution in [0.3, 0.4) is 0 Å². The number of hydrogen-bond acceptors (Lipinski definition) is 7. The third-order valence-electron chi connectivity index (χ3n) is 7.35. The van der Waals surface area contributed by atoms with Crippen LogP contribution in [0.15, 0.2) is 48.4 Å². The van der Waals surface area contributed by atoms with Gasteiger partial charge < -0.3 is 19.4 Å². The third-order valence-corrected chi connectivity index (χ3v) is 8.95. The molecule has 196 valence electrons. The Labute approximate surface area is 226 Å². The van der Waals surface area contributed by atoms with Crippen molar-refractivity contribution < 1.29 is 8.95 Å². The van der Waals surface area contributed by atoms with Crippen molar-refractivity contribution in [1.29, 1.82) is 0 Å². The van der Waals surface area contributed by atoms with Crippen LogP contribution in [0.4, 0.5) is 11.5 Å². The fraction of sp³-hybridized carbons (Fsp3) is 0.429. The van der Waals surface area contributed by atoms with Crippen molar-refractivity contribution in [3.8, 4) is 6.01 Å². The van der Waals surface area contributed by atoms with Crippen LogP contribution in [-0.4, -0.2) is 71.2 Å². The number of hydrogen-bond donors (Lipinski definition) is 0. The summed E-state index contributed by atoms with van der Waals surface area (Å²) in [4.78, 5) is 16.2. The highest BCUT2D eigenvalue weighted by atomic mass is 35.5. The van der Waals surface area contributed by atoms with Gasteiger partial charge in [-0.3, -0.25) is 4.21 Å². The topological polar surface area (TPSA) is 61.8 Å². The first-order chi connectivity index (χ1) is 18.0. The fourth-order valence-corrected chi connectivity index (χ4v) is 6.46. The molecule has 1 unspecified atom stereocenters. The molecule has 2 saturated heterocycles. The monoisotopic (exact) mass is 539 g/mol. The second-order valence-corrected chi connectivity index (χ2v) is 11.8. The van der Waals surface area contributed by atoms with E-state index in [0.29, 0.717) is 25.6 Å². The van der Waals surface area contributed by atoms with E-state index in [1.807, 2.05) is 12.1 Å². The fourth-order valence-electron chi connectivity index (χ4n) is 5.26. The number of fused-ring (bicyclic) bond motifs is 2. The van der Waals surface area contributed by atoms with Gasteiger partial charge in [0.15, 0.2) is 0 Å². The average molecular weight is 540 g/mol. The normalized spacial score (nSPS) is 18.6. The summed E-state index contributed by atoms with van der Waals surface area (Å²) in [5, 5.41) is 4.56. The first kappa shape index (κ1) is 25.9. The summed E-state index contributed by atoms with van der Waals surface area (Å²) in [6, 6.07) is 12.6. The zero-order chi connectivity index (χ0) is 25.9. The van der Waals surface area contributed by atoms with Crippen molar-refractivity contribution in [2.45, 2.75) is 31.1 Å². The minimum Gasteiger partial charge on any atom is -0.467 e. The largest absolute Gasteiger partial charge is 0.467 e. The average Bonchev–Trinajstić information content (AvgIpc) is 3.38. The van der Waals surface area contributed by atoms with Crippen molar-refractivity contribution >= 4 is 44.7 Å². The van der Waals surface area contributed by atoms with Crippen LogP contribution in [-0.2, 0) is 23.8 Å². The van der Waals surface area contributed by atoms with Crippen LogP contribution in [0, 0.1) is 0 Å². The SMILES string of the molecule is C=CS(=O)C1CN(c2nc(OC)nc3c2CCN(c2cccc4cccc(Cl)c24)C3)C1.CN1CCCC1. The van der Waals surface area contributed by atoms with Crippen LogP contribution >= 0.6 is 11.6 Å². The minimum absolute atomic E-state index is 0.104. The molecule has 37 heavy (non-hydrogen) atoms. The number of methoxy groups -OCH3 is 1. The predicted molar refractivity (Wildman–Crippen MR) is 153 cm³/mol. The first-order valence-electron chi connectivity index (χ1n) is 12.8. The number of nitrogens with zero attached hydrogens (tertiary/aromatic N) is 5. The zero-order valence-electron chi connectivity index (χ0n) is 21.5. The standard InChI is InChI=1S/C23H23ClN4O2S.C5H11N/c1-3-31(29)16-12-28(13-16)22-17-10-11-27(14-19(17)25-23(26-22)30-2)20-9-5-7-15-6-4-8-18(24)21(15)20;1-6-4-2-3-5-6/h3-9,16H,1,10-14H2,2H3;2-5H2,1H3. The van der Waals surface area contributed by atoms with Crippen molar-refractivity contribution in [2.75, 3.05) is 56.7 Å². The van der Waals surface area contributed by atoms with Gasteiger partial charge in [0, 0.05) is 36.3 Å². The highest BCUT2D eigenvalue weighted by molar-refractivity contribution is 7.88. The van der Waals surface area contributed by atoms with Crippen LogP contribution in [0.2, 0.25) is 5.02 Å². The van der Waals surface area contributed by atoms with Gasteiger partial charge in [-0.05, 0) is 62.3 Å². The summed E-state index contributed by atoms with van der Waals surface area (Å²) < 4.78 is 17.4. The Morgan fingerprint density at radius 3 is 2.46 bits per heavy atom. The smallest absolute Gasteiger partial charge is 0.318 e. The minimum atomic E-state index is -1.01. The van der Waals surface area contributed by atoms with E-state index in [0.717, 1.165) is 51.5 Å². The Bertz CT molecular complexity index is 1300. The van der Waals surface area contributed by atoms with Gasteiger partial charge in [0.05, 0.1) is 40.4 Å². The molecule has 3 aliphatic heterocycles. The number of likely N-dealkylation sites (tertiary alicyclic amines) is 1. The summed E-state index contributed by atoms with van der Waals surface area (Å²) in [5.41, 5.74) is 3.22. The number of benzene rings is 2. The van der Waals surface area contributed by atoms with Gasteiger partial charge >= 0.3 is 6.01 Å². The van der Waals surface area contributed by atoms with E-state index in [4.69, 9.17) is 16.3 Å². The van der Waals surface area contributed by atoms with Crippen molar-refractivity contribution in [3.63, 3.8) is 0 Å². The highest BCUT2D eigenvalue weighted by Crippen LogP contribution is 2.37. The van der Waals surface area contributed by atoms with Gasteiger partial charge in [0.1, 0.15) is 5.82 Å². The molecule has 4 heterocycles. The van der Waals surface area contributed by atoms with Crippen LogP contribution < -0.4 is 14.5 Å². The summed E-state index contributed by atoms with van der Waals surface area (Å²) in [6.07, 6.45) is 3.65. The van der Waals surface area contributed by atoms with Gasteiger partial charge in [0.25, 0.3) is 0 Å². The number of rotatable bonds is 5. The lowest BCUT2D eigenvalue weighted by Gasteiger charge is -2.41. The molecule has 6 rings (SSSR count). The molecule has 9 heteroatoms. The van der Waals surface area contributed by atoms with Crippen molar-refractivity contribution in [1.82, 2.24) is 14.9 Å². The summed E-state index contributed by atoms with van der Waals surface area (Å²) in [7, 11) is 2.75. The molecule has 2 aromatic carbocycles. The van der Waals surface area contributed by atoms with Gasteiger partial charge in [0.2, 0.25) is 0 Å². The highest BCUT2D eigenvalue weighted by Gasteiger charge is 2.35. The van der Waals surface area contributed by atoms with E-state index in [1.54, 1.807) is 7.11 Å². The van der Waals surface area contributed by atoms with Gasteiger partial charge in [-0.2, -0.15) is 9.97 Å². The lowest BCUT2D eigenvalue weighted by atomic mass is 10.0. The molecular formula is C28H34ClN5O2S. The van der Waals surface area contributed by atoms with Crippen LogP contribution in [0.1, 0.15) is 24.1 Å². The Balaban J connectivity index is 0.000000412. The maximum atomic E-state index is 12.0. The molecule has 0 amide bonds. The second kappa shape index (κ2) is 11.4. The van der Waals surface area contributed by atoms with E-state index >= 15 is 0 Å². The maximum absolute atomic E-state index is 12.0. The molecule has 3 aliphatic rings. The Hall–Kier alpha value is -2.68. The van der Waals surface area contributed by atoms with E-state index in [1.165, 1.54) is 31.3 Å². The van der Waals surface area contributed by atoms with Crippen LogP contribution in [0.25, 0.3) is 10.8 Å². The van der Waals surface area contributed by atoms with Gasteiger partial charge in [-0.15, -0.1) is 0 Å². The third kappa shape index (κ3) is 5.47. The Kier molecular flexibility index (Phi) is 7.98. The molecule has 1 aromatic heterocycles. The van der Waals surface area contributed by atoms with Crippen molar-refractivity contribution in [2.24, 2.45) is 0 Å². The van der Waals surface area contributed by atoms with Gasteiger partial charge in [-0.25, -0.2) is 0 Å². The zero-order valence-corrected chi connectivity index (χ0v) is 23.1. The molecule has 0 spiro atoms. The lowest BCUT2D eigenvalue weighted by molar-refractivity contribution is 0.375. The summed E-state index contributed by atoms with van der Waals surface area (Å²) in [5.74, 6) is 0.898. The number of halogens is 1. The number of ether oxygens (including phenoxy) is 1. The van der Waals surface area contributed by atoms with E-state index in [2.05, 4.69) is 62.6 Å². The summed E-state index contributed by atoms with van der Waals surface area (Å²) >= 11 is 6.56. The molecule has 1 atom stereocenters. The molecule has 0 radical (unpaired) electrons. The quantitative estimate of drug-likeness (QED) is 0.468. The molecule has 0 aliphatic carbocycles. The number of aromatic nitrogens is 2. The molecule has 0 saturated carbocycles. The molecular weight excluding hydrogens is 506 g/mol. The number of anilines is 2. The molecule has 0 bridgehead atoms. The summed E-state index contributed by atoms with van der Waals surface area (Å²) in [6.45, 7) is 9.19. The molecule has 7 nitrogen and oxygen atoms in total. The Morgan fingerprint density at radius 1 is 1.08 bits per heavy atom. The molecule has 2 fully saturated rings. The van der Waals surface area contributed by atoms with E-state index in [-0.39, 0.29) is 5.25 Å². The molecule has 0 N–H and O–H groups in total. The van der Waals surface area contributed by atoms with Crippen LogP contribution in [0.5, 0.6) is 6.01 Å². The lowest BCUT2D eigenvalue weighted by Crippen LogP contribution is -2.53. The molecule has 3 aromatic rings. The van der Waals surface area contributed by atoms with E-state index < -0.39 is 10.8 Å². The predicted octanol–water partition coefficient (Wildman–Crippen LogP) is 4.65. The van der Waals surface area contributed by atoms with Gasteiger partial charge in [-0.1, -0.05) is 42.4 Å². The Morgan fingerprint density at radius 2 is 1.81 bits per heavy atom. The second-order valence-electron chi connectivity index (χ2n) is 9.78. The van der Waals surface area contributed by atoms with E-state index in [9.17, 15) is 4.21 Å².